The highest BCUT2D eigenvalue weighted by Crippen LogP contribution is 2.18. The van der Waals surface area contributed by atoms with Gasteiger partial charge in [0.1, 0.15) is 17.3 Å². The Labute approximate surface area is 178 Å². The third-order valence-corrected chi connectivity index (χ3v) is 5.76. The summed E-state index contributed by atoms with van der Waals surface area (Å²) in [5.41, 5.74) is 1.11. The summed E-state index contributed by atoms with van der Waals surface area (Å²) < 4.78 is 28.6. The molecule has 2 aromatic carbocycles. The molecular weight excluding hydrogens is 402 g/mol. The Bertz CT molecular complexity index is 980. The van der Waals surface area contributed by atoms with Crippen molar-refractivity contribution in [3.05, 3.63) is 77.7 Å². The molecule has 1 amide bonds. The van der Waals surface area contributed by atoms with Crippen LogP contribution in [0.3, 0.4) is 0 Å². The van der Waals surface area contributed by atoms with Gasteiger partial charge in [0.25, 0.3) is 5.91 Å². The highest BCUT2D eigenvalue weighted by molar-refractivity contribution is 7.84. The zero-order valence-electron chi connectivity index (χ0n) is 17.1. The van der Waals surface area contributed by atoms with Crippen molar-refractivity contribution in [1.29, 1.82) is 0 Å². The van der Waals surface area contributed by atoms with Gasteiger partial charge in [-0.3, -0.25) is 9.00 Å². The van der Waals surface area contributed by atoms with Gasteiger partial charge in [-0.2, -0.15) is 0 Å². The minimum Gasteiger partial charge on any atom is -0.497 e. The van der Waals surface area contributed by atoms with Crippen LogP contribution in [0.4, 0.5) is 0 Å². The molecule has 0 spiro atoms. The zero-order valence-corrected chi connectivity index (χ0v) is 17.9. The highest BCUT2D eigenvalue weighted by Gasteiger charge is 2.13. The molecule has 0 bridgehead atoms. The number of ether oxygens (including phenoxy) is 2. The van der Waals surface area contributed by atoms with Gasteiger partial charge in [0.05, 0.1) is 30.3 Å². The van der Waals surface area contributed by atoms with E-state index < -0.39 is 10.8 Å². The lowest BCUT2D eigenvalue weighted by atomic mass is 10.1. The van der Waals surface area contributed by atoms with Crippen LogP contribution in [0.25, 0.3) is 0 Å². The Kier molecular flexibility index (Phi) is 7.68. The lowest BCUT2D eigenvalue weighted by Gasteiger charge is -2.06. The van der Waals surface area contributed by atoms with E-state index in [2.05, 4.69) is 5.32 Å². The fourth-order valence-corrected chi connectivity index (χ4v) is 3.86. The number of methoxy groups -OCH3 is 1. The first kappa shape index (κ1) is 21.6. The second kappa shape index (κ2) is 10.6. The Hall–Kier alpha value is -3.06. The molecule has 3 rings (SSSR count). The Morgan fingerprint density at radius 1 is 1.00 bits per heavy atom. The first-order valence-corrected chi connectivity index (χ1v) is 11.0. The number of carbonyl (C=O) groups is 1. The predicted molar refractivity (Wildman–Crippen MR) is 115 cm³/mol. The van der Waals surface area contributed by atoms with Crippen LogP contribution >= 0.6 is 0 Å². The fourth-order valence-electron chi connectivity index (χ4n) is 2.84. The molecular formula is C23H25NO5S. The topological polar surface area (TPSA) is 77.8 Å². The van der Waals surface area contributed by atoms with Crippen LogP contribution in [0, 0.1) is 0 Å². The lowest BCUT2D eigenvalue weighted by molar-refractivity contribution is 0.0925. The fraction of sp³-hybridized carbons (Fsp3) is 0.261. The van der Waals surface area contributed by atoms with E-state index in [0.29, 0.717) is 36.0 Å². The zero-order chi connectivity index (χ0) is 21.3. The smallest absolute Gasteiger partial charge is 0.287 e. The van der Waals surface area contributed by atoms with E-state index in [9.17, 15) is 9.00 Å². The summed E-state index contributed by atoms with van der Waals surface area (Å²) in [5.74, 6) is 2.16. The summed E-state index contributed by atoms with van der Waals surface area (Å²) >= 11 is 0. The number of nitrogens with one attached hydrogen (secondary N) is 1. The minimum atomic E-state index is -1.27. The number of hydrogen-bond donors (Lipinski definition) is 1. The van der Waals surface area contributed by atoms with Crippen molar-refractivity contribution < 1.29 is 22.9 Å². The first-order valence-electron chi connectivity index (χ1n) is 9.70. The molecule has 0 aliphatic carbocycles. The molecule has 1 N–H and O–H groups in total. The number of furan rings is 1. The number of benzene rings is 2. The SMILES string of the molecule is CCOc1ccc(CCNC(=O)c2ccc(CS(=O)c3ccc(OC)cc3)o2)cc1. The molecule has 0 aliphatic rings. The number of rotatable bonds is 10. The van der Waals surface area contributed by atoms with Gasteiger partial charge in [-0.05, 0) is 67.4 Å². The molecule has 1 atom stereocenters. The van der Waals surface area contributed by atoms with Crippen molar-refractivity contribution in [3.8, 4) is 11.5 Å². The second-order valence-corrected chi connectivity index (χ2v) is 7.97. The van der Waals surface area contributed by atoms with Gasteiger partial charge >= 0.3 is 0 Å². The molecule has 30 heavy (non-hydrogen) atoms. The molecule has 0 fully saturated rings. The molecule has 1 unspecified atom stereocenters. The molecule has 6 nitrogen and oxygen atoms in total. The van der Waals surface area contributed by atoms with E-state index in [0.717, 1.165) is 11.3 Å². The highest BCUT2D eigenvalue weighted by atomic mass is 32.2. The van der Waals surface area contributed by atoms with E-state index in [4.69, 9.17) is 13.9 Å². The van der Waals surface area contributed by atoms with E-state index in [1.807, 2.05) is 31.2 Å². The number of carbonyl (C=O) groups excluding carboxylic acids is 1. The van der Waals surface area contributed by atoms with Crippen LogP contribution in [0.2, 0.25) is 0 Å². The predicted octanol–water partition coefficient (Wildman–Crippen LogP) is 3.97. The van der Waals surface area contributed by atoms with Gasteiger partial charge in [-0.25, -0.2) is 0 Å². The Morgan fingerprint density at radius 2 is 1.70 bits per heavy atom. The van der Waals surface area contributed by atoms with Crippen LogP contribution in [-0.4, -0.2) is 30.4 Å². The quantitative estimate of drug-likeness (QED) is 0.530. The summed E-state index contributed by atoms with van der Waals surface area (Å²) in [7, 11) is 0.313. The van der Waals surface area contributed by atoms with Crippen molar-refractivity contribution in [1.82, 2.24) is 5.32 Å². The molecule has 3 aromatic rings. The maximum Gasteiger partial charge on any atom is 0.287 e. The van der Waals surface area contributed by atoms with Crippen molar-refractivity contribution >= 4 is 16.7 Å². The van der Waals surface area contributed by atoms with Crippen LogP contribution in [0.5, 0.6) is 11.5 Å². The second-order valence-electron chi connectivity index (χ2n) is 6.51. The first-order chi connectivity index (χ1) is 14.6. The van der Waals surface area contributed by atoms with Crippen LogP contribution in [0.15, 0.2) is 70.0 Å². The van der Waals surface area contributed by atoms with Crippen LogP contribution in [0.1, 0.15) is 28.8 Å². The molecule has 0 aliphatic heterocycles. The van der Waals surface area contributed by atoms with Crippen molar-refractivity contribution in [2.45, 2.75) is 24.0 Å². The van der Waals surface area contributed by atoms with E-state index in [1.54, 1.807) is 43.5 Å². The maximum atomic E-state index is 12.5. The standard InChI is InChI=1S/C23H25NO5S/c1-3-28-19-6-4-17(5-7-19)14-15-24-23(25)22-13-10-20(29-22)16-30(26)21-11-8-18(27-2)9-12-21/h4-13H,3,14-16H2,1-2H3,(H,24,25). The summed E-state index contributed by atoms with van der Waals surface area (Å²) in [6.07, 6.45) is 0.702. The average Bonchev–Trinajstić information content (AvgIpc) is 3.24. The average molecular weight is 428 g/mol. The van der Waals surface area contributed by atoms with E-state index in [1.165, 1.54) is 0 Å². The van der Waals surface area contributed by atoms with Gasteiger partial charge in [0.15, 0.2) is 5.76 Å². The van der Waals surface area contributed by atoms with Gasteiger partial charge in [0, 0.05) is 11.4 Å². The maximum absolute atomic E-state index is 12.5. The van der Waals surface area contributed by atoms with Crippen LogP contribution < -0.4 is 14.8 Å². The van der Waals surface area contributed by atoms with E-state index >= 15 is 0 Å². The molecule has 1 heterocycles. The summed E-state index contributed by atoms with van der Waals surface area (Å²) in [5, 5.41) is 2.84. The van der Waals surface area contributed by atoms with Crippen molar-refractivity contribution in [3.63, 3.8) is 0 Å². The monoisotopic (exact) mass is 427 g/mol. The molecule has 158 valence electrons. The Balaban J connectivity index is 1.48. The largest absolute Gasteiger partial charge is 0.497 e. The normalized spacial score (nSPS) is 11.7. The Morgan fingerprint density at radius 3 is 2.37 bits per heavy atom. The van der Waals surface area contributed by atoms with Gasteiger partial charge < -0.3 is 19.2 Å². The van der Waals surface area contributed by atoms with Gasteiger partial charge in [-0.15, -0.1) is 0 Å². The molecule has 7 heteroatoms. The third-order valence-electron chi connectivity index (χ3n) is 4.41. The minimum absolute atomic E-state index is 0.200. The van der Waals surface area contributed by atoms with Crippen LogP contribution in [-0.2, 0) is 23.0 Å². The molecule has 0 saturated carbocycles. The number of amides is 1. The van der Waals surface area contributed by atoms with Crippen molar-refractivity contribution in [2.75, 3.05) is 20.3 Å². The third kappa shape index (κ3) is 5.97. The van der Waals surface area contributed by atoms with Gasteiger partial charge in [-0.1, -0.05) is 12.1 Å². The lowest BCUT2D eigenvalue weighted by Crippen LogP contribution is -2.25. The summed E-state index contributed by atoms with van der Waals surface area (Å²) in [6, 6.07) is 18.1. The molecule has 1 aromatic heterocycles. The molecule has 0 radical (unpaired) electrons. The summed E-state index contributed by atoms with van der Waals surface area (Å²) in [4.78, 5) is 13.0. The number of hydrogen-bond acceptors (Lipinski definition) is 5. The molecule has 0 saturated heterocycles. The van der Waals surface area contributed by atoms with E-state index in [-0.39, 0.29) is 17.4 Å². The van der Waals surface area contributed by atoms with Gasteiger partial charge in [0.2, 0.25) is 0 Å². The van der Waals surface area contributed by atoms with Crippen molar-refractivity contribution in [2.24, 2.45) is 0 Å². The summed E-state index contributed by atoms with van der Waals surface area (Å²) in [6.45, 7) is 3.06.